The summed E-state index contributed by atoms with van der Waals surface area (Å²) in [5, 5.41) is 14.6. The predicted molar refractivity (Wildman–Crippen MR) is 148 cm³/mol. The van der Waals surface area contributed by atoms with E-state index < -0.39 is 0 Å². The quantitative estimate of drug-likeness (QED) is 0.323. The Morgan fingerprint density at radius 2 is 1.89 bits per heavy atom. The minimum atomic E-state index is 0.0752. The second-order valence-corrected chi connectivity index (χ2v) is 10.5. The van der Waals surface area contributed by atoms with Gasteiger partial charge in [-0.2, -0.15) is 5.10 Å². The van der Waals surface area contributed by atoms with Crippen LogP contribution in [0.25, 0.3) is 21.5 Å². The van der Waals surface area contributed by atoms with E-state index in [9.17, 15) is 4.79 Å². The number of nitrogens with one attached hydrogen (secondary N) is 1. The molecule has 1 amide bonds. The van der Waals surface area contributed by atoms with E-state index in [1.54, 1.807) is 17.9 Å². The fourth-order valence-corrected chi connectivity index (χ4v) is 5.55. The third-order valence-electron chi connectivity index (χ3n) is 6.74. The third-order valence-corrected chi connectivity index (χ3v) is 7.84. The van der Waals surface area contributed by atoms with E-state index in [0.29, 0.717) is 34.4 Å². The van der Waals surface area contributed by atoms with Crippen LogP contribution < -0.4 is 5.49 Å². The first kappa shape index (κ1) is 25.0. The fourth-order valence-electron chi connectivity index (χ4n) is 4.61. The van der Waals surface area contributed by atoms with Crippen molar-refractivity contribution >= 4 is 34.0 Å². The lowest BCUT2D eigenvalue weighted by Crippen LogP contribution is -2.50. The van der Waals surface area contributed by atoms with Crippen LogP contribution in [0.1, 0.15) is 29.1 Å². The molecule has 0 atom stereocenters. The molecule has 0 radical (unpaired) electrons. The summed E-state index contributed by atoms with van der Waals surface area (Å²) in [4.78, 5) is 27.8. The molecule has 1 aliphatic rings. The molecule has 8 nitrogen and oxygen atoms in total. The lowest BCUT2D eigenvalue weighted by atomic mass is 10.1. The van der Waals surface area contributed by atoms with Crippen molar-refractivity contribution in [3.05, 3.63) is 76.7 Å². The first-order valence-corrected chi connectivity index (χ1v) is 13.3. The molecule has 0 unspecified atom stereocenters. The molecular weight excluding hydrogens is 482 g/mol. The normalized spacial score (nSPS) is 15.0. The number of aromatic nitrogens is 3. The predicted octanol–water partition coefficient (Wildman–Crippen LogP) is 3.92. The maximum absolute atomic E-state index is 13.1. The number of fused-ring (bicyclic) bond motifs is 1. The molecule has 0 bridgehead atoms. The molecule has 4 aromatic rings. The summed E-state index contributed by atoms with van der Waals surface area (Å²) in [5.74, 6) is 0.396. The number of carbonyl (C=O) groups is 1. The zero-order chi connectivity index (χ0) is 25.9. The van der Waals surface area contributed by atoms with Crippen molar-refractivity contribution in [3.63, 3.8) is 0 Å². The minimum absolute atomic E-state index is 0.0752. The maximum atomic E-state index is 13.1. The van der Waals surface area contributed by atoms with Crippen LogP contribution in [0.4, 0.5) is 0 Å². The number of rotatable bonds is 5. The number of pyridine rings is 1. The summed E-state index contributed by atoms with van der Waals surface area (Å²) in [6.07, 6.45) is 2.19. The number of hydrogen-bond donors (Lipinski definition) is 1. The van der Waals surface area contributed by atoms with E-state index in [1.807, 2.05) is 53.4 Å². The van der Waals surface area contributed by atoms with E-state index >= 15 is 0 Å². The SMILES string of the molecule is C/N=c1/ccc(-c2ccc(C(=O)N3CCN(C(C)C)CC3)s2)nn1C(=N)Cc1ccc2ncccc2c1. The molecule has 1 fully saturated rings. The second kappa shape index (κ2) is 10.7. The summed E-state index contributed by atoms with van der Waals surface area (Å²) in [5.41, 5.74) is 3.26. The van der Waals surface area contributed by atoms with Crippen molar-refractivity contribution in [2.75, 3.05) is 33.2 Å². The number of hydrogen-bond acceptors (Lipinski definition) is 7. The van der Waals surface area contributed by atoms with Gasteiger partial charge in [0.15, 0.2) is 5.49 Å². The summed E-state index contributed by atoms with van der Waals surface area (Å²) >= 11 is 1.45. The number of thiophene rings is 1. The molecule has 9 heteroatoms. The monoisotopic (exact) mass is 513 g/mol. The largest absolute Gasteiger partial charge is 0.335 e. The molecule has 37 heavy (non-hydrogen) atoms. The van der Waals surface area contributed by atoms with Gasteiger partial charge in [-0.25, -0.2) is 4.68 Å². The molecule has 3 aromatic heterocycles. The van der Waals surface area contributed by atoms with Gasteiger partial charge in [-0.05, 0) is 61.9 Å². The van der Waals surface area contributed by atoms with E-state index in [2.05, 4.69) is 34.8 Å². The summed E-state index contributed by atoms with van der Waals surface area (Å²) in [6, 6.07) is 18.1. The number of carbonyl (C=O) groups excluding carboxylic acids is 1. The summed E-state index contributed by atoms with van der Waals surface area (Å²) in [6.45, 7) is 7.69. The van der Waals surface area contributed by atoms with E-state index in [0.717, 1.165) is 47.5 Å². The van der Waals surface area contributed by atoms with Crippen molar-refractivity contribution in [2.24, 2.45) is 4.99 Å². The van der Waals surface area contributed by atoms with Gasteiger partial charge in [0, 0.05) is 57.3 Å². The molecular formula is C28H31N7OS. The Morgan fingerprint density at radius 3 is 2.65 bits per heavy atom. The number of benzene rings is 1. The van der Waals surface area contributed by atoms with Gasteiger partial charge in [0.25, 0.3) is 5.91 Å². The Labute approximate surface area is 220 Å². The lowest BCUT2D eigenvalue weighted by Gasteiger charge is -2.36. The van der Waals surface area contributed by atoms with Gasteiger partial charge in [0.05, 0.1) is 15.3 Å². The standard InChI is InChI=1S/C28H31N7OS/c1-19(2)33-13-15-34(16-14-33)28(36)25-10-9-24(37-25)23-8-11-27(30-3)35(32-23)26(29)18-20-6-7-22-21(17-20)5-4-12-31-22/h4-12,17,19,29H,13-16,18H2,1-3H3/b29-26?,30-27-. The van der Waals surface area contributed by atoms with Gasteiger partial charge in [-0.1, -0.05) is 12.1 Å². The van der Waals surface area contributed by atoms with Crippen molar-refractivity contribution < 1.29 is 4.79 Å². The lowest BCUT2D eigenvalue weighted by molar-refractivity contribution is 0.0600. The zero-order valence-corrected chi connectivity index (χ0v) is 22.2. The molecule has 4 heterocycles. The Kier molecular flexibility index (Phi) is 7.25. The average Bonchev–Trinajstić information content (AvgIpc) is 3.42. The summed E-state index contributed by atoms with van der Waals surface area (Å²) < 4.78 is 1.58. The van der Waals surface area contributed by atoms with Crippen LogP contribution in [-0.2, 0) is 6.42 Å². The second-order valence-electron chi connectivity index (χ2n) is 9.45. The fraction of sp³-hybridized carbons (Fsp3) is 0.321. The molecule has 1 saturated heterocycles. The number of amides is 1. The number of piperazine rings is 1. The van der Waals surface area contributed by atoms with Crippen LogP contribution in [0.3, 0.4) is 0 Å². The highest BCUT2D eigenvalue weighted by molar-refractivity contribution is 7.17. The van der Waals surface area contributed by atoms with Gasteiger partial charge >= 0.3 is 0 Å². The molecule has 1 aromatic carbocycles. The Morgan fingerprint density at radius 1 is 1.08 bits per heavy atom. The van der Waals surface area contributed by atoms with Crippen LogP contribution in [0.15, 0.2) is 65.8 Å². The first-order valence-electron chi connectivity index (χ1n) is 12.5. The van der Waals surface area contributed by atoms with Crippen molar-refractivity contribution in [1.82, 2.24) is 24.6 Å². The van der Waals surface area contributed by atoms with Gasteiger partial charge in [0.2, 0.25) is 0 Å². The molecule has 0 spiro atoms. The van der Waals surface area contributed by atoms with Crippen molar-refractivity contribution in [2.45, 2.75) is 26.3 Å². The highest BCUT2D eigenvalue weighted by atomic mass is 32.1. The van der Waals surface area contributed by atoms with E-state index in [1.165, 1.54) is 11.3 Å². The molecule has 1 N–H and O–H groups in total. The molecule has 0 saturated carbocycles. The Balaban J connectivity index is 1.35. The smallest absolute Gasteiger partial charge is 0.264 e. The Bertz CT molecular complexity index is 1510. The van der Waals surface area contributed by atoms with Gasteiger partial charge in [-0.3, -0.25) is 25.1 Å². The molecule has 1 aliphatic heterocycles. The van der Waals surface area contributed by atoms with Crippen LogP contribution in [0.2, 0.25) is 0 Å². The topological polar surface area (TPSA) is 90.5 Å². The highest BCUT2D eigenvalue weighted by Crippen LogP contribution is 2.27. The van der Waals surface area contributed by atoms with E-state index in [4.69, 9.17) is 10.5 Å². The van der Waals surface area contributed by atoms with Gasteiger partial charge in [-0.15, -0.1) is 11.3 Å². The highest BCUT2D eigenvalue weighted by Gasteiger charge is 2.24. The van der Waals surface area contributed by atoms with Crippen LogP contribution >= 0.6 is 11.3 Å². The van der Waals surface area contributed by atoms with Crippen molar-refractivity contribution in [1.29, 1.82) is 5.41 Å². The summed E-state index contributed by atoms with van der Waals surface area (Å²) in [7, 11) is 1.70. The van der Waals surface area contributed by atoms with Crippen molar-refractivity contribution in [3.8, 4) is 10.6 Å². The zero-order valence-electron chi connectivity index (χ0n) is 21.4. The first-order chi connectivity index (χ1) is 17.9. The Hall–Kier alpha value is -3.69. The average molecular weight is 514 g/mol. The molecule has 5 rings (SSSR count). The van der Waals surface area contributed by atoms with Gasteiger partial charge < -0.3 is 4.90 Å². The molecule has 190 valence electrons. The van der Waals surface area contributed by atoms with Gasteiger partial charge in [0.1, 0.15) is 11.5 Å². The number of nitrogens with zero attached hydrogens (tertiary/aromatic N) is 6. The van der Waals surface area contributed by atoms with Crippen LogP contribution in [0.5, 0.6) is 0 Å². The van der Waals surface area contributed by atoms with Crippen LogP contribution in [0, 0.1) is 5.41 Å². The molecule has 0 aliphatic carbocycles. The van der Waals surface area contributed by atoms with Crippen LogP contribution in [-0.4, -0.2) is 75.6 Å². The van der Waals surface area contributed by atoms with E-state index in [-0.39, 0.29) is 5.91 Å². The minimum Gasteiger partial charge on any atom is -0.335 e. The maximum Gasteiger partial charge on any atom is 0.264 e. The third kappa shape index (κ3) is 5.38.